The number of cyclic esters (lactones) is 1. The molecule has 12 nitrogen and oxygen atoms in total. The van der Waals surface area contributed by atoms with E-state index in [0.29, 0.717) is 57.8 Å². The number of rotatable bonds is 6. The predicted molar refractivity (Wildman–Crippen MR) is 172 cm³/mol. The minimum Gasteiger partial charge on any atom is -0.504 e. The van der Waals surface area contributed by atoms with E-state index in [1.165, 1.54) is 25.9 Å². The Hall–Kier alpha value is -5.10. The quantitative estimate of drug-likeness (QED) is 0.189. The fourth-order valence-corrected chi connectivity index (χ4v) is 6.72. The Kier molecular flexibility index (Phi) is 7.87. The summed E-state index contributed by atoms with van der Waals surface area (Å²) in [6.07, 6.45) is -1.10. The number of phenols is 2. The van der Waals surface area contributed by atoms with Crippen LogP contribution in [0.3, 0.4) is 0 Å². The number of phenolic OH excluding ortho intramolecular Hbond substituents is 2. The van der Waals surface area contributed by atoms with Crippen LogP contribution in [0.25, 0.3) is 22.2 Å². The first kappa shape index (κ1) is 31.9. The Bertz CT molecular complexity index is 1920. The van der Waals surface area contributed by atoms with Gasteiger partial charge in [-0.2, -0.15) is 0 Å². The van der Waals surface area contributed by atoms with Crippen molar-refractivity contribution >= 4 is 23.0 Å². The monoisotopic (exact) mass is 646 g/mol. The van der Waals surface area contributed by atoms with Gasteiger partial charge in [0, 0.05) is 28.6 Å². The Morgan fingerprint density at radius 1 is 0.915 bits per heavy atom. The van der Waals surface area contributed by atoms with Crippen molar-refractivity contribution in [1.29, 1.82) is 0 Å². The second-order valence-electron chi connectivity index (χ2n) is 12.5. The van der Waals surface area contributed by atoms with Gasteiger partial charge in [0.25, 0.3) is 0 Å². The molecule has 4 aromatic rings. The van der Waals surface area contributed by atoms with Gasteiger partial charge in [-0.25, -0.2) is 14.2 Å². The molecule has 2 aliphatic heterocycles. The van der Waals surface area contributed by atoms with Crippen LogP contribution in [0.15, 0.2) is 36.4 Å². The van der Waals surface area contributed by atoms with Gasteiger partial charge in [0.2, 0.25) is 5.75 Å². The third-order valence-corrected chi connectivity index (χ3v) is 8.69. The summed E-state index contributed by atoms with van der Waals surface area (Å²) in [5.74, 6) is -0.308. The second kappa shape index (κ2) is 11.6. The molecule has 12 heteroatoms. The molecule has 0 aliphatic carbocycles. The van der Waals surface area contributed by atoms with Gasteiger partial charge in [0.05, 0.1) is 45.7 Å². The second-order valence-corrected chi connectivity index (χ2v) is 12.5. The van der Waals surface area contributed by atoms with E-state index in [9.17, 15) is 19.8 Å². The number of esters is 1. The first-order valence-corrected chi connectivity index (χ1v) is 15.1. The average Bonchev–Trinajstić information content (AvgIpc) is 3.57. The minimum atomic E-state index is -0.840. The summed E-state index contributed by atoms with van der Waals surface area (Å²) in [5.41, 5.74) is 2.17. The lowest BCUT2D eigenvalue weighted by atomic mass is 9.82. The number of carbonyl (C=O) groups is 2. The molecule has 1 aromatic heterocycles. The molecule has 47 heavy (non-hydrogen) atoms. The summed E-state index contributed by atoms with van der Waals surface area (Å²) in [7, 11) is 7.77. The fourth-order valence-electron chi connectivity index (χ4n) is 6.72. The summed E-state index contributed by atoms with van der Waals surface area (Å²) < 4.78 is 35.4. The van der Waals surface area contributed by atoms with E-state index in [1.54, 1.807) is 64.3 Å². The van der Waals surface area contributed by atoms with Crippen molar-refractivity contribution in [3.8, 4) is 45.8 Å². The molecule has 1 unspecified atom stereocenters. The number of benzene rings is 3. The van der Waals surface area contributed by atoms with Crippen molar-refractivity contribution in [3.63, 3.8) is 0 Å². The zero-order chi connectivity index (χ0) is 33.9. The topological polar surface area (TPSA) is 138 Å². The molecule has 2 aliphatic rings. The molecule has 0 saturated heterocycles. The van der Waals surface area contributed by atoms with E-state index in [1.807, 2.05) is 11.9 Å². The van der Waals surface area contributed by atoms with Crippen molar-refractivity contribution in [1.82, 2.24) is 9.47 Å². The number of ether oxygens (including phenoxy) is 6. The first-order valence-electron chi connectivity index (χ1n) is 15.1. The van der Waals surface area contributed by atoms with E-state index in [-0.39, 0.29) is 22.6 Å². The number of fused-ring (bicyclic) bond motifs is 3. The molecule has 248 valence electrons. The predicted octanol–water partition coefficient (Wildman–Crippen LogP) is 5.98. The van der Waals surface area contributed by atoms with Crippen molar-refractivity contribution in [2.75, 3.05) is 42.0 Å². The van der Waals surface area contributed by atoms with Crippen molar-refractivity contribution in [2.24, 2.45) is 0 Å². The van der Waals surface area contributed by atoms with Gasteiger partial charge in [-0.05, 0) is 70.1 Å². The molecular weight excluding hydrogens is 608 g/mol. The summed E-state index contributed by atoms with van der Waals surface area (Å²) >= 11 is 0. The van der Waals surface area contributed by atoms with E-state index in [0.717, 1.165) is 0 Å². The van der Waals surface area contributed by atoms with Crippen LogP contribution in [-0.4, -0.2) is 79.4 Å². The van der Waals surface area contributed by atoms with E-state index in [4.69, 9.17) is 28.4 Å². The summed E-state index contributed by atoms with van der Waals surface area (Å²) in [5, 5.41) is 23.9. The molecule has 0 radical (unpaired) electrons. The smallest absolute Gasteiger partial charge is 0.419 e. The van der Waals surface area contributed by atoms with Crippen LogP contribution in [0.5, 0.6) is 34.5 Å². The largest absolute Gasteiger partial charge is 0.504 e. The van der Waals surface area contributed by atoms with Gasteiger partial charge in [0.15, 0.2) is 23.0 Å². The number of aromatic hydroxyl groups is 2. The number of hydrogen-bond acceptors (Lipinski definition) is 11. The standard InChI is InChI=1S/C35H38N2O10/c1-35(2,3)47-34(41)37-21-11-9-18(42-5)15-17(21)16-22(37)24-19-13-14-36(4)27(25(19)32(45-8)29(39)28(24)38)30-20-10-12-23(43-6)31(44-7)26(20)33(40)46-30/h9-12,15-16,27,30,38-39H,13-14H2,1-8H3/t27-,30?/m1/s1. The Morgan fingerprint density at radius 3 is 2.28 bits per heavy atom. The normalized spacial score (nSPS) is 17.6. The molecule has 0 fully saturated rings. The van der Waals surface area contributed by atoms with Crippen molar-refractivity contribution in [2.45, 2.75) is 44.9 Å². The van der Waals surface area contributed by atoms with Crippen LogP contribution in [0.4, 0.5) is 4.79 Å². The highest BCUT2D eigenvalue weighted by Gasteiger charge is 2.47. The Morgan fingerprint density at radius 2 is 1.64 bits per heavy atom. The minimum absolute atomic E-state index is 0.0318. The zero-order valence-electron chi connectivity index (χ0n) is 27.6. The molecule has 0 bridgehead atoms. The van der Waals surface area contributed by atoms with Gasteiger partial charge in [0.1, 0.15) is 23.0 Å². The van der Waals surface area contributed by atoms with Crippen LogP contribution in [0.2, 0.25) is 0 Å². The van der Waals surface area contributed by atoms with Gasteiger partial charge in [-0.1, -0.05) is 6.07 Å². The van der Waals surface area contributed by atoms with Gasteiger partial charge < -0.3 is 38.6 Å². The summed E-state index contributed by atoms with van der Waals surface area (Å²) in [6.45, 7) is 5.78. The number of likely N-dealkylation sites (N-methyl/N-ethyl adjacent to an activating group) is 1. The molecule has 0 saturated carbocycles. The molecule has 0 amide bonds. The highest BCUT2D eigenvalue weighted by Crippen LogP contribution is 2.57. The van der Waals surface area contributed by atoms with Crippen LogP contribution in [-0.2, 0) is 15.9 Å². The Labute approximate surface area is 271 Å². The van der Waals surface area contributed by atoms with Gasteiger partial charge >= 0.3 is 12.1 Å². The molecule has 2 atom stereocenters. The first-order chi connectivity index (χ1) is 22.3. The highest BCUT2D eigenvalue weighted by atomic mass is 16.6. The van der Waals surface area contributed by atoms with E-state index in [2.05, 4.69) is 0 Å². The van der Waals surface area contributed by atoms with Crippen LogP contribution in [0, 0.1) is 0 Å². The zero-order valence-corrected chi connectivity index (χ0v) is 27.6. The molecule has 3 heterocycles. The highest BCUT2D eigenvalue weighted by molar-refractivity contribution is 6.00. The lowest BCUT2D eigenvalue weighted by Crippen LogP contribution is -2.36. The third-order valence-electron chi connectivity index (χ3n) is 8.69. The third kappa shape index (κ3) is 5.03. The fraction of sp³-hybridized carbons (Fsp3) is 0.371. The maximum atomic E-state index is 13.8. The number of carbonyl (C=O) groups excluding carboxylic acids is 2. The van der Waals surface area contributed by atoms with Gasteiger partial charge in [-0.15, -0.1) is 0 Å². The number of methoxy groups -OCH3 is 4. The molecule has 2 N–H and O–H groups in total. The number of nitrogens with zero attached hydrogens (tertiary/aromatic N) is 2. The van der Waals surface area contributed by atoms with Crippen molar-refractivity contribution < 1.29 is 48.2 Å². The SMILES string of the molecule is COc1ccc2c(c1)cc(-c1c(O)c(O)c(OC)c3c1CCN(C)[C@H]3C1OC(=O)c3c1ccc(OC)c3OC)n2C(=O)OC(C)(C)C. The van der Waals surface area contributed by atoms with Gasteiger partial charge in [-0.3, -0.25) is 4.90 Å². The molecule has 3 aromatic carbocycles. The van der Waals surface area contributed by atoms with Crippen molar-refractivity contribution in [3.05, 3.63) is 58.7 Å². The lowest BCUT2D eigenvalue weighted by molar-refractivity contribution is 0.00869. The molecule has 6 rings (SSSR count). The maximum absolute atomic E-state index is 13.8. The number of hydrogen-bond donors (Lipinski definition) is 2. The summed E-state index contributed by atoms with van der Waals surface area (Å²) in [6, 6.07) is 9.80. The number of aromatic nitrogens is 1. The summed E-state index contributed by atoms with van der Waals surface area (Å²) in [4.78, 5) is 29.2. The van der Waals surface area contributed by atoms with E-state index >= 15 is 0 Å². The maximum Gasteiger partial charge on any atom is 0.419 e. The molecular formula is C35H38N2O10. The van der Waals surface area contributed by atoms with Crippen LogP contribution < -0.4 is 18.9 Å². The van der Waals surface area contributed by atoms with Crippen LogP contribution in [0.1, 0.15) is 60.0 Å². The lowest BCUT2D eigenvalue weighted by Gasteiger charge is -2.39. The molecule has 0 spiro atoms. The Balaban J connectivity index is 1.63. The average molecular weight is 647 g/mol. The van der Waals surface area contributed by atoms with E-state index < -0.39 is 41.3 Å². The van der Waals surface area contributed by atoms with Crippen LogP contribution >= 0.6 is 0 Å².